The van der Waals surface area contributed by atoms with Crippen LogP contribution in [0.2, 0.25) is 0 Å². The number of carbonyl (C=O) groups is 2. The largest absolute Gasteiger partial charge is 0.495 e. The van der Waals surface area contributed by atoms with Crippen LogP contribution in [0.5, 0.6) is 5.75 Å². The average Bonchev–Trinajstić information content (AvgIpc) is 3.52. The molecule has 0 aliphatic carbocycles. The predicted molar refractivity (Wildman–Crippen MR) is 142 cm³/mol. The van der Waals surface area contributed by atoms with E-state index in [1.165, 1.54) is 12.0 Å². The highest BCUT2D eigenvalue weighted by Crippen LogP contribution is 2.56. The Kier molecular flexibility index (Phi) is 4.72. The fourth-order valence-electron chi connectivity index (χ4n) is 6.78. The van der Waals surface area contributed by atoms with E-state index >= 15 is 0 Å². The third kappa shape index (κ3) is 2.67. The van der Waals surface area contributed by atoms with Gasteiger partial charge in [0.15, 0.2) is 0 Å². The number of para-hydroxylation sites is 4. The third-order valence-electron chi connectivity index (χ3n) is 8.34. The molecule has 3 aliphatic heterocycles. The second kappa shape index (κ2) is 7.85. The number of aromatic nitrogens is 2. The van der Waals surface area contributed by atoms with Gasteiger partial charge in [-0.3, -0.25) is 24.3 Å². The van der Waals surface area contributed by atoms with Crippen molar-refractivity contribution in [3.8, 4) is 11.4 Å². The molecule has 1 aromatic heterocycles. The Morgan fingerprint density at radius 3 is 2.34 bits per heavy atom. The van der Waals surface area contributed by atoms with Crippen molar-refractivity contribution in [2.45, 2.75) is 25.4 Å². The number of amides is 2. The molecule has 2 fully saturated rings. The minimum absolute atomic E-state index is 0.0321. The molecule has 190 valence electrons. The monoisotopic (exact) mass is 506 g/mol. The maximum absolute atomic E-state index is 14.5. The molecule has 8 nitrogen and oxygen atoms in total. The maximum atomic E-state index is 14.5. The van der Waals surface area contributed by atoms with Crippen LogP contribution in [0.25, 0.3) is 16.6 Å². The van der Waals surface area contributed by atoms with Crippen molar-refractivity contribution in [1.82, 2.24) is 14.9 Å². The molecule has 0 unspecified atom stereocenters. The van der Waals surface area contributed by atoms with Gasteiger partial charge in [0, 0.05) is 11.6 Å². The fraction of sp³-hybridized carbons (Fsp3) is 0.267. The van der Waals surface area contributed by atoms with E-state index in [4.69, 9.17) is 9.72 Å². The summed E-state index contributed by atoms with van der Waals surface area (Å²) in [6.45, 7) is 4.08. The molecule has 3 aromatic carbocycles. The van der Waals surface area contributed by atoms with Gasteiger partial charge in [0.05, 0.1) is 41.2 Å². The van der Waals surface area contributed by atoms with Crippen LogP contribution in [-0.4, -0.2) is 34.5 Å². The number of nitrogens with one attached hydrogen (secondary N) is 1. The Bertz CT molecular complexity index is 1730. The zero-order valence-electron chi connectivity index (χ0n) is 21.2. The maximum Gasteiger partial charge on any atom is 0.266 e. The van der Waals surface area contributed by atoms with Crippen molar-refractivity contribution in [1.29, 1.82) is 0 Å². The second-order valence-corrected chi connectivity index (χ2v) is 10.5. The van der Waals surface area contributed by atoms with E-state index in [2.05, 4.69) is 5.32 Å². The summed E-state index contributed by atoms with van der Waals surface area (Å²) in [6, 6.07) is 21.6. The van der Waals surface area contributed by atoms with Crippen LogP contribution in [0.3, 0.4) is 0 Å². The Hall–Kier alpha value is -4.30. The van der Waals surface area contributed by atoms with Crippen LogP contribution in [0.1, 0.15) is 25.2 Å². The molecule has 4 aromatic rings. The first-order valence-electron chi connectivity index (χ1n) is 12.8. The lowest BCUT2D eigenvalue weighted by molar-refractivity contribution is -0.123. The molecule has 38 heavy (non-hydrogen) atoms. The molecule has 7 rings (SSSR count). The summed E-state index contributed by atoms with van der Waals surface area (Å²) in [5.74, 6) is -1.11. The lowest BCUT2D eigenvalue weighted by Crippen LogP contribution is -2.51. The van der Waals surface area contributed by atoms with Crippen LogP contribution >= 0.6 is 0 Å². The minimum Gasteiger partial charge on any atom is -0.495 e. The predicted octanol–water partition coefficient (Wildman–Crippen LogP) is 3.38. The van der Waals surface area contributed by atoms with E-state index < -0.39 is 17.4 Å². The molecular formula is C30H26N4O4. The summed E-state index contributed by atoms with van der Waals surface area (Å²) in [5.41, 5.74) is 1.09. The van der Waals surface area contributed by atoms with E-state index in [1.807, 2.05) is 56.3 Å². The minimum atomic E-state index is -1.15. The summed E-state index contributed by atoms with van der Waals surface area (Å²) in [5, 5.41) is 4.21. The average molecular weight is 507 g/mol. The molecule has 0 bridgehead atoms. The number of fused-ring (bicyclic) bond motifs is 8. The van der Waals surface area contributed by atoms with Crippen LogP contribution in [0.4, 0.5) is 5.69 Å². The number of ether oxygens (including phenoxy) is 1. The van der Waals surface area contributed by atoms with Crippen molar-refractivity contribution >= 4 is 28.4 Å². The number of nitrogens with zero attached hydrogens (tertiary/aromatic N) is 3. The topological polar surface area (TPSA) is 93.5 Å². The first-order valence-corrected chi connectivity index (χ1v) is 12.8. The van der Waals surface area contributed by atoms with E-state index in [0.717, 1.165) is 5.56 Å². The van der Waals surface area contributed by atoms with Gasteiger partial charge < -0.3 is 4.74 Å². The fourth-order valence-corrected chi connectivity index (χ4v) is 6.78. The number of carbonyl (C=O) groups excluding carboxylic acids is 2. The third-order valence-corrected chi connectivity index (χ3v) is 8.34. The molecule has 2 amide bonds. The zero-order chi connectivity index (χ0) is 26.3. The summed E-state index contributed by atoms with van der Waals surface area (Å²) in [6.07, 6.45) is 0. The molecule has 1 spiro atoms. The summed E-state index contributed by atoms with van der Waals surface area (Å²) in [7, 11) is 1.52. The smallest absolute Gasteiger partial charge is 0.266 e. The molecule has 2 saturated heterocycles. The van der Waals surface area contributed by atoms with Gasteiger partial charge in [-0.1, -0.05) is 56.3 Å². The highest BCUT2D eigenvalue weighted by Gasteiger charge is 2.70. The van der Waals surface area contributed by atoms with Crippen molar-refractivity contribution in [3.05, 3.63) is 94.5 Å². The van der Waals surface area contributed by atoms with Gasteiger partial charge in [0.1, 0.15) is 17.1 Å². The van der Waals surface area contributed by atoms with Gasteiger partial charge in [-0.25, -0.2) is 9.88 Å². The number of benzene rings is 3. The van der Waals surface area contributed by atoms with Gasteiger partial charge in [-0.15, -0.1) is 0 Å². The Labute approximate surface area is 218 Å². The van der Waals surface area contributed by atoms with Gasteiger partial charge >= 0.3 is 0 Å². The number of methoxy groups -OCH3 is 1. The molecule has 0 radical (unpaired) electrons. The number of imide groups is 1. The normalized spacial score (nSPS) is 25.4. The number of anilines is 1. The zero-order valence-corrected chi connectivity index (χ0v) is 21.2. The highest BCUT2D eigenvalue weighted by molar-refractivity contribution is 6.24. The van der Waals surface area contributed by atoms with Gasteiger partial charge in [0.25, 0.3) is 5.56 Å². The molecule has 8 heteroatoms. The Balaban J connectivity index is 1.54. The van der Waals surface area contributed by atoms with Gasteiger partial charge in [-0.05, 0) is 36.2 Å². The standard InChI is InChI=1S/C30H26N4O4/c1-16(2)25-23-24(28(37)33(27(23)36)21-14-8-9-15-22(21)38-3)30(32-25)18-11-5-7-13-20(18)34-26(35)17-10-4-6-12-19(17)31-29(30)34/h4-16,23-25,32H,1-3H3/t23-,24+,25-,30-/m0/s1. The second-order valence-electron chi connectivity index (χ2n) is 10.5. The first-order chi connectivity index (χ1) is 18.4. The van der Waals surface area contributed by atoms with Crippen LogP contribution in [-0.2, 0) is 15.1 Å². The highest BCUT2D eigenvalue weighted by atomic mass is 16.5. The van der Waals surface area contributed by atoms with Gasteiger partial charge in [-0.2, -0.15) is 0 Å². The van der Waals surface area contributed by atoms with Crippen LogP contribution in [0, 0.1) is 17.8 Å². The van der Waals surface area contributed by atoms with E-state index in [-0.39, 0.29) is 29.3 Å². The first kappa shape index (κ1) is 22.9. The quantitative estimate of drug-likeness (QED) is 0.428. The molecule has 3 aliphatic rings. The number of rotatable bonds is 3. The summed E-state index contributed by atoms with van der Waals surface area (Å²) in [4.78, 5) is 48.7. The van der Waals surface area contributed by atoms with Crippen molar-refractivity contribution in [2.24, 2.45) is 17.8 Å². The van der Waals surface area contributed by atoms with Gasteiger partial charge in [0.2, 0.25) is 11.8 Å². The summed E-state index contributed by atoms with van der Waals surface area (Å²) >= 11 is 0. The number of hydrogen-bond acceptors (Lipinski definition) is 6. The lowest BCUT2D eigenvalue weighted by atomic mass is 9.75. The van der Waals surface area contributed by atoms with Crippen molar-refractivity contribution in [3.63, 3.8) is 0 Å². The molecule has 0 saturated carbocycles. The molecule has 1 N–H and O–H groups in total. The van der Waals surface area contributed by atoms with Crippen molar-refractivity contribution in [2.75, 3.05) is 12.0 Å². The van der Waals surface area contributed by atoms with E-state index in [9.17, 15) is 14.4 Å². The van der Waals surface area contributed by atoms with Crippen molar-refractivity contribution < 1.29 is 14.3 Å². The lowest BCUT2D eigenvalue weighted by Gasteiger charge is -2.32. The Morgan fingerprint density at radius 2 is 1.58 bits per heavy atom. The SMILES string of the molecule is COc1ccccc1N1C(=O)[C@@H]2[C@H](C(C)C)N[C@@]3(c4ccccc4-n4c3nc3ccccc3c4=O)[C@H]2C1=O. The summed E-state index contributed by atoms with van der Waals surface area (Å²) < 4.78 is 7.14. The van der Waals surface area contributed by atoms with E-state index in [1.54, 1.807) is 34.9 Å². The Morgan fingerprint density at radius 1 is 0.895 bits per heavy atom. The number of hydrogen-bond donors (Lipinski definition) is 1. The van der Waals surface area contributed by atoms with Crippen LogP contribution < -0.4 is 20.5 Å². The van der Waals surface area contributed by atoms with E-state index in [0.29, 0.717) is 33.9 Å². The van der Waals surface area contributed by atoms with Crippen LogP contribution in [0.15, 0.2) is 77.6 Å². The molecular weight excluding hydrogens is 480 g/mol. The molecule has 4 heterocycles. The molecule has 4 atom stereocenters.